The lowest BCUT2D eigenvalue weighted by Gasteiger charge is -2.40. The molecule has 0 aromatic heterocycles. The average molecular weight is 414 g/mol. The fourth-order valence-electron chi connectivity index (χ4n) is 3.35. The molecule has 2 aliphatic heterocycles. The summed E-state index contributed by atoms with van der Waals surface area (Å²) in [5, 5.41) is 0. The van der Waals surface area contributed by atoms with Crippen LogP contribution in [0.25, 0.3) is 0 Å². The zero-order chi connectivity index (χ0) is 17.3. The van der Waals surface area contributed by atoms with Gasteiger partial charge in [-0.3, -0.25) is 10.6 Å². The first-order valence-corrected chi connectivity index (χ1v) is 9.58. The first-order chi connectivity index (χ1) is 11.5. The van der Waals surface area contributed by atoms with Crippen LogP contribution in [0.1, 0.15) is 12.8 Å². The summed E-state index contributed by atoms with van der Waals surface area (Å²) >= 11 is 3.42. The van der Waals surface area contributed by atoms with Crippen molar-refractivity contribution < 1.29 is 9.00 Å². The Morgan fingerprint density at radius 2 is 2.00 bits per heavy atom. The van der Waals surface area contributed by atoms with E-state index in [2.05, 4.69) is 21.4 Å². The number of benzene rings is 1. The van der Waals surface area contributed by atoms with Crippen LogP contribution in [0.3, 0.4) is 0 Å². The summed E-state index contributed by atoms with van der Waals surface area (Å²) in [6.45, 7) is 1.04. The average Bonchev–Trinajstić information content (AvgIpc) is 2.84. The highest BCUT2D eigenvalue weighted by molar-refractivity contribution is 9.10. The second-order valence-electron chi connectivity index (χ2n) is 5.89. The maximum absolute atomic E-state index is 13.0. The van der Waals surface area contributed by atoms with E-state index in [4.69, 9.17) is 11.6 Å². The van der Waals surface area contributed by atoms with Crippen LogP contribution in [0, 0.1) is 0 Å². The molecule has 3 rings (SSSR count). The highest BCUT2D eigenvalue weighted by Gasteiger charge is 2.44. The summed E-state index contributed by atoms with van der Waals surface area (Å²) in [6, 6.07) is 7.68. The number of hydrogen-bond acceptors (Lipinski definition) is 5. The number of amides is 1. The van der Waals surface area contributed by atoms with Crippen molar-refractivity contribution in [3.05, 3.63) is 40.6 Å². The van der Waals surface area contributed by atoms with Gasteiger partial charge in [0.25, 0.3) is 5.91 Å². The molecule has 3 unspecified atom stereocenters. The summed E-state index contributed by atoms with van der Waals surface area (Å²) in [4.78, 5) is 14.9. The topological polar surface area (TPSA) is 105 Å². The summed E-state index contributed by atoms with van der Waals surface area (Å²) in [6.07, 6.45) is 3.02. The Morgan fingerprint density at radius 1 is 1.33 bits per heavy atom. The zero-order valence-corrected chi connectivity index (χ0v) is 15.4. The van der Waals surface area contributed by atoms with Gasteiger partial charge in [0.05, 0.1) is 4.90 Å². The number of carbonyl (C=O) groups is 1. The van der Waals surface area contributed by atoms with Crippen molar-refractivity contribution in [2.45, 2.75) is 29.8 Å². The molecule has 2 saturated heterocycles. The number of halogens is 1. The summed E-state index contributed by atoms with van der Waals surface area (Å²) in [5.74, 6) is 5.11. The maximum atomic E-state index is 13.0. The van der Waals surface area contributed by atoms with E-state index in [9.17, 15) is 9.00 Å². The minimum atomic E-state index is -1.23. The van der Waals surface area contributed by atoms with Gasteiger partial charge >= 0.3 is 0 Å². The van der Waals surface area contributed by atoms with E-state index in [1.54, 1.807) is 4.90 Å². The quantitative estimate of drug-likeness (QED) is 0.376. The SMILES string of the molecule is N/C=C(\NN)C(=O)N1CC2CCC(C1)N2S(=O)c1cccc(Br)c1. The van der Waals surface area contributed by atoms with E-state index in [0.717, 1.165) is 22.2 Å². The molecule has 2 heterocycles. The second-order valence-corrected chi connectivity index (χ2v) is 8.19. The molecule has 1 amide bonds. The number of rotatable bonds is 4. The molecular formula is C15H20BrN5O2S. The van der Waals surface area contributed by atoms with Gasteiger partial charge in [0.2, 0.25) is 0 Å². The standard InChI is InChI=1S/C15H20BrN5O2S/c16-10-2-1-3-13(6-10)24(23)21-11-4-5-12(21)9-20(8-11)15(22)14(7-17)19-18/h1-3,6-7,11-12,19H,4-5,8-9,17-18H2/b14-7-. The molecular weight excluding hydrogens is 394 g/mol. The smallest absolute Gasteiger partial charge is 0.272 e. The summed E-state index contributed by atoms with van der Waals surface area (Å²) in [7, 11) is -1.23. The highest BCUT2D eigenvalue weighted by Crippen LogP contribution is 2.34. The third-order valence-electron chi connectivity index (χ3n) is 4.44. The van der Waals surface area contributed by atoms with Gasteiger partial charge in [0, 0.05) is 35.8 Å². The van der Waals surface area contributed by atoms with Crippen LogP contribution in [-0.4, -0.2) is 44.5 Å². The first-order valence-electron chi connectivity index (χ1n) is 7.68. The lowest BCUT2D eigenvalue weighted by Crippen LogP contribution is -2.56. The van der Waals surface area contributed by atoms with Gasteiger partial charge in [-0.2, -0.15) is 0 Å². The van der Waals surface area contributed by atoms with E-state index < -0.39 is 11.0 Å². The van der Waals surface area contributed by atoms with Gasteiger partial charge in [0.1, 0.15) is 16.7 Å². The van der Waals surface area contributed by atoms with Gasteiger partial charge in [-0.25, -0.2) is 8.51 Å². The van der Waals surface area contributed by atoms with Crippen LogP contribution in [0.5, 0.6) is 0 Å². The van der Waals surface area contributed by atoms with Crippen LogP contribution in [0.2, 0.25) is 0 Å². The molecule has 2 fully saturated rings. The Bertz CT molecular complexity index is 684. The molecule has 24 heavy (non-hydrogen) atoms. The molecule has 0 saturated carbocycles. The molecule has 3 atom stereocenters. The van der Waals surface area contributed by atoms with Crippen molar-refractivity contribution in [2.24, 2.45) is 11.6 Å². The Hall–Kier alpha value is -1.42. The molecule has 1 aromatic rings. The monoisotopic (exact) mass is 413 g/mol. The minimum Gasteiger partial charge on any atom is -0.403 e. The van der Waals surface area contributed by atoms with Crippen molar-refractivity contribution in [1.29, 1.82) is 0 Å². The number of likely N-dealkylation sites (tertiary alicyclic amines) is 1. The van der Waals surface area contributed by atoms with Crippen molar-refractivity contribution in [3.63, 3.8) is 0 Å². The molecule has 0 aliphatic carbocycles. The molecule has 7 nitrogen and oxygen atoms in total. The van der Waals surface area contributed by atoms with Crippen LogP contribution >= 0.6 is 15.9 Å². The molecule has 0 radical (unpaired) electrons. The van der Waals surface area contributed by atoms with Gasteiger partial charge < -0.3 is 16.1 Å². The lowest BCUT2D eigenvalue weighted by atomic mass is 10.2. The summed E-state index contributed by atoms with van der Waals surface area (Å²) < 4.78 is 15.9. The molecule has 130 valence electrons. The number of nitrogens with two attached hydrogens (primary N) is 2. The van der Waals surface area contributed by atoms with Gasteiger partial charge in [-0.15, -0.1) is 0 Å². The number of fused-ring (bicyclic) bond motifs is 2. The molecule has 1 aromatic carbocycles. The first kappa shape index (κ1) is 17.4. The third kappa shape index (κ3) is 3.21. The van der Waals surface area contributed by atoms with E-state index in [1.165, 1.54) is 6.20 Å². The van der Waals surface area contributed by atoms with Crippen molar-refractivity contribution in [3.8, 4) is 0 Å². The summed E-state index contributed by atoms with van der Waals surface area (Å²) in [5.41, 5.74) is 7.93. The van der Waals surface area contributed by atoms with Crippen LogP contribution in [0.15, 0.2) is 45.5 Å². The predicted octanol–water partition coefficient (Wildman–Crippen LogP) is 0.410. The zero-order valence-electron chi connectivity index (χ0n) is 13.0. The fraction of sp³-hybridized carbons (Fsp3) is 0.400. The number of hydrogen-bond donors (Lipinski definition) is 3. The molecule has 5 N–H and O–H groups in total. The number of hydrazine groups is 1. The van der Waals surface area contributed by atoms with Crippen molar-refractivity contribution in [2.75, 3.05) is 13.1 Å². The van der Waals surface area contributed by atoms with Crippen LogP contribution < -0.4 is 17.0 Å². The second kappa shape index (κ2) is 7.22. The van der Waals surface area contributed by atoms with Gasteiger partial charge in [-0.05, 0) is 31.0 Å². The molecule has 2 bridgehead atoms. The largest absolute Gasteiger partial charge is 0.403 e. The minimum absolute atomic E-state index is 0.0734. The van der Waals surface area contributed by atoms with E-state index in [0.29, 0.717) is 13.1 Å². The predicted molar refractivity (Wildman–Crippen MR) is 95.4 cm³/mol. The lowest BCUT2D eigenvalue weighted by molar-refractivity contribution is -0.129. The van der Waals surface area contributed by atoms with Crippen LogP contribution in [-0.2, 0) is 15.8 Å². The Labute approximate surface area is 151 Å². The Kier molecular flexibility index (Phi) is 5.24. The molecule has 9 heteroatoms. The normalized spacial score (nSPS) is 25.6. The van der Waals surface area contributed by atoms with E-state index >= 15 is 0 Å². The van der Waals surface area contributed by atoms with E-state index in [1.807, 2.05) is 28.6 Å². The highest BCUT2D eigenvalue weighted by atomic mass is 79.9. The Balaban J connectivity index is 1.77. The number of piperazine rings is 1. The maximum Gasteiger partial charge on any atom is 0.272 e. The third-order valence-corrected chi connectivity index (χ3v) is 6.57. The Morgan fingerprint density at radius 3 is 2.54 bits per heavy atom. The fourth-order valence-corrected chi connectivity index (χ4v) is 5.45. The number of nitrogens with zero attached hydrogens (tertiary/aromatic N) is 2. The molecule has 2 aliphatic rings. The van der Waals surface area contributed by atoms with Gasteiger partial charge in [-0.1, -0.05) is 22.0 Å². The van der Waals surface area contributed by atoms with Crippen molar-refractivity contribution in [1.82, 2.24) is 14.6 Å². The van der Waals surface area contributed by atoms with Gasteiger partial charge in [0.15, 0.2) is 0 Å². The van der Waals surface area contributed by atoms with Crippen molar-refractivity contribution >= 4 is 32.8 Å². The molecule has 0 spiro atoms. The number of carbonyl (C=O) groups excluding carboxylic acids is 1. The van der Waals surface area contributed by atoms with E-state index in [-0.39, 0.29) is 23.7 Å². The van der Waals surface area contributed by atoms with Crippen LogP contribution in [0.4, 0.5) is 0 Å². The number of nitrogens with one attached hydrogen (secondary N) is 1.